The third-order valence-electron chi connectivity index (χ3n) is 3.74. The van der Waals surface area contributed by atoms with Crippen LogP contribution in [0.15, 0.2) is 5.38 Å². The van der Waals surface area contributed by atoms with Gasteiger partial charge in [-0.25, -0.2) is 4.98 Å². The van der Waals surface area contributed by atoms with Gasteiger partial charge in [-0.2, -0.15) is 0 Å². The van der Waals surface area contributed by atoms with Crippen LogP contribution in [-0.2, 0) is 11.2 Å². The molecule has 0 amide bonds. The number of carboxylic acid groups (broad SMARTS) is 1. The van der Waals surface area contributed by atoms with E-state index in [9.17, 15) is 4.79 Å². The van der Waals surface area contributed by atoms with E-state index in [0.717, 1.165) is 17.4 Å². The molecule has 0 unspecified atom stereocenters. The van der Waals surface area contributed by atoms with E-state index in [0.29, 0.717) is 12.5 Å². The Morgan fingerprint density at radius 3 is 2.84 bits per heavy atom. The van der Waals surface area contributed by atoms with E-state index in [-0.39, 0.29) is 6.42 Å². The highest BCUT2D eigenvalue weighted by Gasteiger charge is 2.22. The van der Waals surface area contributed by atoms with Gasteiger partial charge < -0.3 is 10.0 Å². The number of hydrogen-bond acceptors (Lipinski definition) is 4. The first kappa shape index (κ1) is 14.3. The number of aliphatic carboxylic acids is 1. The van der Waals surface area contributed by atoms with Crippen LogP contribution in [0.4, 0.5) is 5.13 Å². The third kappa shape index (κ3) is 3.93. The molecule has 0 atom stereocenters. The second kappa shape index (κ2) is 6.89. The first-order chi connectivity index (χ1) is 9.20. The van der Waals surface area contributed by atoms with E-state index in [1.807, 2.05) is 5.38 Å². The second-order valence-corrected chi connectivity index (χ2v) is 5.93. The molecule has 2 rings (SSSR count). The lowest BCUT2D eigenvalue weighted by molar-refractivity contribution is -0.136. The molecule has 0 aliphatic heterocycles. The van der Waals surface area contributed by atoms with Crippen molar-refractivity contribution in [3.63, 3.8) is 0 Å². The summed E-state index contributed by atoms with van der Waals surface area (Å²) in [5, 5.41) is 11.8. The summed E-state index contributed by atoms with van der Waals surface area (Å²) < 4.78 is 0. The molecular weight excluding hydrogens is 260 g/mol. The molecule has 0 spiro atoms. The van der Waals surface area contributed by atoms with Crippen LogP contribution in [0, 0.1) is 0 Å². The first-order valence-corrected chi connectivity index (χ1v) is 8.01. The SMILES string of the molecule is CCN(c1nc(CCC(=O)O)cs1)C1CCCCC1. The van der Waals surface area contributed by atoms with Gasteiger partial charge in [0.25, 0.3) is 0 Å². The van der Waals surface area contributed by atoms with E-state index in [1.165, 1.54) is 32.1 Å². The molecule has 0 aromatic carbocycles. The summed E-state index contributed by atoms with van der Waals surface area (Å²) in [5.41, 5.74) is 0.914. The molecule has 1 aromatic rings. The van der Waals surface area contributed by atoms with Crippen LogP contribution in [0.2, 0.25) is 0 Å². The van der Waals surface area contributed by atoms with E-state index in [1.54, 1.807) is 11.3 Å². The van der Waals surface area contributed by atoms with Crippen LogP contribution in [0.25, 0.3) is 0 Å². The number of aryl methyl sites for hydroxylation is 1. The average Bonchev–Trinajstić information content (AvgIpc) is 2.87. The Kier molecular flexibility index (Phi) is 5.19. The van der Waals surface area contributed by atoms with Gasteiger partial charge in [0.15, 0.2) is 5.13 Å². The normalized spacial score (nSPS) is 16.5. The number of carboxylic acids is 1. The van der Waals surface area contributed by atoms with E-state index in [4.69, 9.17) is 5.11 Å². The Balaban J connectivity index is 1.99. The molecule has 0 radical (unpaired) electrons. The molecule has 1 saturated carbocycles. The monoisotopic (exact) mass is 282 g/mol. The summed E-state index contributed by atoms with van der Waals surface area (Å²) in [6, 6.07) is 0.622. The van der Waals surface area contributed by atoms with Gasteiger partial charge in [-0.05, 0) is 19.8 Å². The zero-order valence-electron chi connectivity index (χ0n) is 11.5. The van der Waals surface area contributed by atoms with Gasteiger partial charge in [0.1, 0.15) is 0 Å². The lowest BCUT2D eigenvalue weighted by Gasteiger charge is -2.33. The summed E-state index contributed by atoms with van der Waals surface area (Å²) in [7, 11) is 0. The van der Waals surface area contributed by atoms with Gasteiger partial charge in [0.05, 0.1) is 12.1 Å². The molecule has 106 valence electrons. The quantitative estimate of drug-likeness (QED) is 0.869. The highest BCUT2D eigenvalue weighted by molar-refractivity contribution is 7.13. The Morgan fingerprint density at radius 2 is 2.21 bits per heavy atom. The molecule has 5 heteroatoms. The van der Waals surface area contributed by atoms with Gasteiger partial charge in [-0.1, -0.05) is 19.3 Å². The number of carbonyl (C=O) groups is 1. The zero-order valence-corrected chi connectivity index (χ0v) is 12.3. The summed E-state index contributed by atoms with van der Waals surface area (Å²) in [6.45, 7) is 3.16. The van der Waals surface area contributed by atoms with Gasteiger partial charge >= 0.3 is 5.97 Å². The Morgan fingerprint density at radius 1 is 1.47 bits per heavy atom. The predicted molar refractivity (Wildman–Crippen MR) is 78.0 cm³/mol. The summed E-state index contributed by atoms with van der Waals surface area (Å²) in [5.74, 6) is -0.755. The van der Waals surface area contributed by atoms with Gasteiger partial charge in [-0.15, -0.1) is 11.3 Å². The number of nitrogens with zero attached hydrogens (tertiary/aromatic N) is 2. The fraction of sp³-hybridized carbons (Fsp3) is 0.714. The lowest BCUT2D eigenvalue weighted by Crippen LogP contribution is -2.36. The van der Waals surface area contributed by atoms with Crippen LogP contribution in [0.5, 0.6) is 0 Å². The van der Waals surface area contributed by atoms with Crippen LogP contribution in [0.3, 0.4) is 0 Å². The molecule has 1 aliphatic rings. The predicted octanol–water partition coefficient (Wildman–Crippen LogP) is 3.32. The minimum absolute atomic E-state index is 0.165. The number of thiazole rings is 1. The molecule has 4 nitrogen and oxygen atoms in total. The Hall–Kier alpha value is -1.10. The van der Waals surface area contributed by atoms with Crippen molar-refractivity contribution in [2.45, 2.75) is 57.9 Å². The maximum Gasteiger partial charge on any atom is 0.303 e. The summed E-state index contributed by atoms with van der Waals surface area (Å²) >= 11 is 1.65. The van der Waals surface area contributed by atoms with Crippen molar-refractivity contribution < 1.29 is 9.90 Å². The number of aromatic nitrogens is 1. The maximum absolute atomic E-state index is 10.6. The van der Waals surface area contributed by atoms with E-state index < -0.39 is 5.97 Å². The van der Waals surface area contributed by atoms with E-state index >= 15 is 0 Å². The molecule has 1 aliphatic carbocycles. The summed E-state index contributed by atoms with van der Waals surface area (Å²) in [4.78, 5) is 17.6. The maximum atomic E-state index is 10.6. The minimum Gasteiger partial charge on any atom is -0.481 e. The zero-order chi connectivity index (χ0) is 13.7. The van der Waals surface area contributed by atoms with Crippen LogP contribution in [0.1, 0.15) is 51.1 Å². The smallest absolute Gasteiger partial charge is 0.303 e. The molecule has 1 N–H and O–H groups in total. The topological polar surface area (TPSA) is 53.4 Å². The van der Waals surface area contributed by atoms with Crippen LogP contribution < -0.4 is 4.90 Å². The minimum atomic E-state index is -0.755. The van der Waals surface area contributed by atoms with Crippen molar-refractivity contribution in [2.24, 2.45) is 0 Å². The lowest BCUT2D eigenvalue weighted by atomic mass is 9.94. The molecule has 0 bridgehead atoms. The number of rotatable bonds is 6. The molecule has 0 saturated heterocycles. The molecule has 1 aromatic heterocycles. The van der Waals surface area contributed by atoms with Gasteiger partial charge in [0, 0.05) is 24.4 Å². The largest absolute Gasteiger partial charge is 0.481 e. The summed E-state index contributed by atoms with van der Waals surface area (Å²) in [6.07, 6.45) is 7.22. The third-order valence-corrected chi connectivity index (χ3v) is 4.66. The fourth-order valence-corrected chi connectivity index (χ4v) is 3.72. The molecular formula is C14H22N2O2S. The molecule has 19 heavy (non-hydrogen) atoms. The number of anilines is 1. The van der Waals surface area contributed by atoms with Crippen molar-refractivity contribution in [3.05, 3.63) is 11.1 Å². The average molecular weight is 282 g/mol. The van der Waals surface area contributed by atoms with Crippen molar-refractivity contribution >= 4 is 22.4 Å². The van der Waals surface area contributed by atoms with Crippen molar-refractivity contribution in [3.8, 4) is 0 Å². The van der Waals surface area contributed by atoms with Crippen LogP contribution >= 0.6 is 11.3 Å². The Labute approximate surface area is 118 Å². The van der Waals surface area contributed by atoms with Crippen molar-refractivity contribution in [2.75, 3.05) is 11.4 Å². The highest BCUT2D eigenvalue weighted by atomic mass is 32.1. The molecule has 1 heterocycles. The molecule has 1 fully saturated rings. The highest BCUT2D eigenvalue weighted by Crippen LogP contribution is 2.29. The van der Waals surface area contributed by atoms with E-state index in [2.05, 4.69) is 16.8 Å². The van der Waals surface area contributed by atoms with Crippen molar-refractivity contribution in [1.29, 1.82) is 0 Å². The van der Waals surface area contributed by atoms with Gasteiger partial charge in [-0.3, -0.25) is 4.79 Å². The van der Waals surface area contributed by atoms with Crippen LogP contribution in [-0.4, -0.2) is 28.6 Å². The fourth-order valence-electron chi connectivity index (χ4n) is 2.72. The second-order valence-electron chi connectivity index (χ2n) is 5.09. The number of hydrogen-bond donors (Lipinski definition) is 1. The Bertz CT molecular complexity index is 413. The first-order valence-electron chi connectivity index (χ1n) is 7.13. The van der Waals surface area contributed by atoms with Gasteiger partial charge in [0.2, 0.25) is 0 Å². The standard InChI is InChI=1S/C14H22N2O2S/c1-2-16(12-6-4-3-5-7-12)14-15-11(10-19-14)8-9-13(17)18/h10,12H,2-9H2,1H3,(H,17,18). The van der Waals surface area contributed by atoms with Crippen molar-refractivity contribution in [1.82, 2.24) is 4.98 Å².